The van der Waals surface area contributed by atoms with E-state index >= 15 is 0 Å². The zero-order chi connectivity index (χ0) is 12.1. The average molecular weight is 269 g/mol. The van der Waals surface area contributed by atoms with E-state index in [1.807, 2.05) is 18.2 Å². The zero-order valence-corrected chi connectivity index (χ0v) is 11.1. The molecule has 18 heavy (non-hydrogen) atoms. The van der Waals surface area contributed by atoms with Crippen molar-refractivity contribution in [1.82, 2.24) is 10.1 Å². The summed E-state index contributed by atoms with van der Waals surface area (Å²) in [5.41, 5.74) is 6.58. The Morgan fingerprint density at radius 3 is 2.56 bits per heavy atom. The lowest BCUT2D eigenvalue weighted by atomic mass is 10.3. The van der Waals surface area contributed by atoms with Gasteiger partial charge in [-0.2, -0.15) is 4.98 Å². The van der Waals surface area contributed by atoms with Crippen molar-refractivity contribution in [2.45, 2.75) is 20.0 Å². The summed E-state index contributed by atoms with van der Waals surface area (Å²) in [6.07, 6.45) is 0. The third-order valence-corrected chi connectivity index (χ3v) is 2.52. The molecular formula is C12H17ClN4O. The molecule has 0 radical (unpaired) electrons. The van der Waals surface area contributed by atoms with Gasteiger partial charge in [0.2, 0.25) is 5.89 Å². The molecule has 98 valence electrons. The summed E-state index contributed by atoms with van der Waals surface area (Å²) in [6.45, 7) is 3.89. The van der Waals surface area contributed by atoms with E-state index in [4.69, 9.17) is 10.3 Å². The Kier molecular flexibility index (Phi) is 5.61. The molecule has 0 aliphatic heterocycles. The second kappa shape index (κ2) is 6.98. The molecule has 1 heterocycles. The van der Waals surface area contributed by atoms with Crippen LogP contribution in [-0.2, 0) is 13.1 Å². The minimum Gasteiger partial charge on any atom is -0.364 e. The molecule has 0 atom stereocenters. The lowest BCUT2D eigenvalue weighted by Crippen LogP contribution is -2.22. The summed E-state index contributed by atoms with van der Waals surface area (Å²) in [5.74, 6) is 1.14. The van der Waals surface area contributed by atoms with E-state index in [1.54, 1.807) is 0 Å². The van der Waals surface area contributed by atoms with Crippen LogP contribution in [0.4, 0.5) is 5.69 Å². The minimum absolute atomic E-state index is 0. The highest BCUT2D eigenvalue weighted by molar-refractivity contribution is 5.85. The van der Waals surface area contributed by atoms with Crippen LogP contribution in [0, 0.1) is 0 Å². The molecule has 1 aromatic carbocycles. The van der Waals surface area contributed by atoms with Crippen molar-refractivity contribution >= 4 is 18.1 Å². The molecule has 0 fully saturated rings. The molecule has 1 aromatic heterocycles. The average Bonchev–Trinajstić information content (AvgIpc) is 2.84. The zero-order valence-electron chi connectivity index (χ0n) is 10.2. The van der Waals surface area contributed by atoms with Crippen LogP contribution < -0.4 is 10.6 Å². The van der Waals surface area contributed by atoms with Gasteiger partial charge in [-0.05, 0) is 19.1 Å². The summed E-state index contributed by atoms with van der Waals surface area (Å²) in [4.78, 5) is 6.37. The number of rotatable bonds is 5. The fourth-order valence-electron chi connectivity index (χ4n) is 1.63. The number of benzene rings is 1. The van der Waals surface area contributed by atoms with Gasteiger partial charge in [-0.25, -0.2) is 0 Å². The van der Waals surface area contributed by atoms with E-state index in [2.05, 4.69) is 34.1 Å². The second-order valence-electron chi connectivity index (χ2n) is 3.66. The monoisotopic (exact) mass is 268 g/mol. The first-order valence-electron chi connectivity index (χ1n) is 5.65. The van der Waals surface area contributed by atoms with Gasteiger partial charge in [0.1, 0.15) is 0 Å². The van der Waals surface area contributed by atoms with Crippen molar-refractivity contribution in [2.75, 3.05) is 11.4 Å². The van der Waals surface area contributed by atoms with Crippen molar-refractivity contribution in [3.05, 3.63) is 42.0 Å². The summed E-state index contributed by atoms with van der Waals surface area (Å²) in [5, 5.41) is 3.89. The van der Waals surface area contributed by atoms with E-state index in [0.717, 1.165) is 12.2 Å². The molecule has 0 aliphatic rings. The molecule has 0 aliphatic carbocycles. The number of hydrogen-bond donors (Lipinski definition) is 1. The number of aromatic nitrogens is 2. The SMILES string of the molecule is CCN(Cc1noc(CN)n1)c1ccccc1.Cl. The van der Waals surface area contributed by atoms with Crippen molar-refractivity contribution in [3.8, 4) is 0 Å². The van der Waals surface area contributed by atoms with E-state index in [-0.39, 0.29) is 19.0 Å². The van der Waals surface area contributed by atoms with Crippen LogP contribution in [-0.4, -0.2) is 16.7 Å². The Labute approximate surface area is 112 Å². The third-order valence-electron chi connectivity index (χ3n) is 2.52. The number of nitrogens with two attached hydrogens (primary N) is 1. The molecule has 0 unspecified atom stereocenters. The largest absolute Gasteiger partial charge is 0.364 e. The Morgan fingerprint density at radius 2 is 2.00 bits per heavy atom. The maximum absolute atomic E-state index is 5.43. The molecule has 2 aromatic rings. The number of halogens is 1. The Hall–Kier alpha value is -1.59. The fraction of sp³-hybridized carbons (Fsp3) is 0.333. The van der Waals surface area contributed by atoms with E-state index in [1.165, 1.54) is 0 Å². The predicted molar refractivity (Wildman–Crippen MR) is 72.6 cm³/mol. The second-order valence-corrected chi connectivity index (χ2v) is 3.66. The van der Waals surface area contributed by atoms with Crippen molar-refractivity contribution in [2.24, 2.45) is 5.73 Å². The highest BCUT2D eigenvalue weighted by Crippen LogP contribution is 2.15. The molecule has 5 nitrogen and oxygen atoms in total. The summed E-state index contributed by atoms with van der Waals surface area (Å²) in [7, 11) is 0. The van der Waals surface area contributed by atoms with E-state index in [0.29, 0.717) is 18.3 Å². The Morgan fingerprint density at radius 1 is 1.28 bits per heavy atom. The van der Waals surface area contributed by atoms with Crippen molar-refractivity contribution in [3.63, 3.8) is 0 Å². The van der Waals surface area contributed by atoms with Crippen LogP contribution in [0.5, 0.6) is 0 Å². The summed E-state index contributed by atoms with van der Waals surface area (Å²) >= 11 is 0. The van der Waals surface area contributed by atoms with Gasteiger partial charge in [-0.15, -0.1) is 12.4 Å². The highest BCUT2D eigenvalue weighted by Gasteiger charge is 2.10. The number of nitrogens with zero attached hydrogens (tertiary/aromatic N) is 3. The van der Waals surface area contributed by atoms with Gasteiger partial charge in [0.25, 0.3) is 0 Å². The predicted octanol–water partition coefficient (Wildman–Crippen LogP) is 1.98. The van der Waals surface area contributed by atoms with E-state index < -0.39 is 0 Å². The van der Waals surface area contributed by atoms with Gasteiger partial charge >= 0.3 is 0 Å². The van der Waals surface area contributed by atoms with Gasteiger partial charge in [0.15, 0.2) is 5.82 Å². The lowest BCUT2D eigenvalue weighted by molar-refractivity contribution is 0.374. The topological polar surface area (TPSA) is 68.2 Å². The van der Waals surface area contributed by atoms with Crippen LogP contribution in [0.15, 0.2) is 34.9 Å². The summed E-state index contributed by atoms with van der Waals surface area (Å²) in [6, 6.07) is 10.2. The van der Waals surface area contributed by atoms with Crippen LogP contribution in [0.3, 0.4) is 0 Å². The minimum atomic E-state index is 0. The van der Waals surface area contributed by atoms with Crippen molar-refractivity contribution < 1.29 is 4.52 Å². The molecular weight excluding hydrogens is 252 g/mol. The molecule has 0 spiro atoms. The standard InChI is InChI=1S/C12H16N4O.ClH/c1-2-16(10-6-4-3-5-7-10)9-11-14-12(8-13)17-15-11;/h3-7H,2,8-9,13H2,1H3;1H. The smallest absolute Gasteiger partial charge is 0.240 e. The van der Waals surface area contributed by atoms with Gasteiger partial charge in [-0.1, -0.05) is 23.4 Å². The molecule has 0 amide bonds. The maximum atomic E-state index is 5.43. The van der Waals surface area contributed by atoms with Gasteiger partial charge in [-0.3, -0.25) is 0 Å². The van der Waals surface area contributed by atoms with Gasteiger partial charge in [0, 0.05) is 12.2 Å². The fourth-order valence-corrected chi connectivity index (χ4v) is 1.63. The quantitative estimate of drug-likeness (QED) is 0.898. The first-order chi connectivity index (χ1) is 8.33. The highest BCUT2D eigenvalue weighted by atomic mass is 35.5. The number of anilines is 1. The first-order valence-corrected chi connectivity index (χ1v) is 5.65. The van der Waals surface area contributed by atoms with E-state index in [9.17, 15) is 0 Å². The molecule has 2 N–H and O–H groups in total. The van der Waals surface area contributed by atoms with Crippen LogP contribution >= 0.6 is 12.4 Å². The van der Waals surface area contributed by atoms with Gasteiger partial charge < -0.3 is 15.2 Å². The van der Waals surface area contributed by atoms with Crippen LogP contribution in [0.25, 0.3) is 0 Å². The normalized spacial score (nSPS) is 9.89. The maximum Gasteiger partial charge on any atom is 0.240 e. The Bertz CT molecular complexity index is 460. The molecule has 0 saturated carbocycles. The summed E-state index contributed by atoms with van der Waals surface area (Å²) < 4.78 is 4.98. The van der Waals surface area contributed by atoms with Crippen molar-refractivity contribution in [1.29, 1.82) is 0 Å². The van der Waals surface area contributed by atoms with Gasteiger partial charge in [0.05, 0.1) is 13.1 Å². The Balaban J connectivity index is 0.00000162. The third kappa shape index (κ3) is 3.45. The lowest BCUT2D eigenvalue weighted by Gasteiger charge is -2.20. The molecule has 6 heteroatoms. The molecule has 2 rings (SSSR count). The number of hydrogen-bond acceptors (Lipinski definition) is 5. The van der Waals surface area contributed by atoms with Crippen LogP contribution in [0.1, 0.15) is 18.6 Å². The van der Waals surface area contributed by atoms with Crippen LogP contribution in [0.2, 0.25) is 0 Å². The first kappa shape index (κ1) is 14.5. The molecule has 0 saturated heterocycles. The molecule has 0 bridgehead atoms. The number of para-hydroxylation sites is 1.